The third-order valence-electron chi connectivity index (χ3n) is 3.47. The summed E-state index contributed by atoms with van der Waals surface area (Å²) >= 11 is 0. The number of aliphatic carboxylic acids is 1. The van der Waals surface area contributed by atoms with Gasteiger partial charge >= 0.3 is 5.97 Å². The molecule has 1 heterocycles. The van der Waals surface area contributed by atoms with E-state index in [4.69, 9.17) is 9.84 Å². The van der Waals surface area contributed by atoms with Gasteiger partial charge in [0.15, 0.2) is 0 Å². The zero-order valence-electron chi connectivity index (χ0n) is 12.8. The van der Waals surface area contributed by atoms with Gasteiger partial charge in [0.05, 0.1) is 12.5 Å². The Kier molecular flexibility index (Phi) is 6.61. The minimum absolute atomic E-state index is 0.0945. The van der Waals surface area contributed by atoms with Crippen molar-refractivity contribution in [2.75, 3.05) is 26.8 Å². The van der Waals surface area contributed by atoms with Gasteiger partial charge in [0.1, 0.15) is 6.04 Å². The molecule has 2 N–H and O–H groups in total. The second kappa shape index (κ2) is 7.97. The van der Waals surface area contributed by atoms with Gasteiger partial charge in [-0.15, -0.1) is 0 Å². The van der Waals surface area contributed by atoms with Gasteiger partial charge in [-0.1, -0.05) is 13.8 Å². The molecule has 1 aliphatic heterocycles. The van der Waals surface area contributed by atoms with Crippen LogP contribution in [-0.4, -0.2) is 60.6 Å². The largest absolute Gasteiger partial charge is 0.480 e. The van der Waals surface area contributed by atoms with Gasteiger partial charge < -0.3 is 20.1 Å². The van der Waals surface area contributed by atoms with Crippen molar-refractivity contribution in [2.24, 2.45) is 11.8 Å². The summed E-state index contributed by atoms with van der Waals surface area (Å²) in [5, 5.41) is 11.7. The molecule has 0 aliphatic carbocycles. The van der Waals surface area contributed by atoms with Gasteiger partial charge in [-0.2, -0.15) is 0 Å². The number of nitrogens with one attached hydrogen (secondary N) is 1. The Morgan fingerprint density at radius 2 is 2.14 bits per heavy atom. The molecule has 0 bridgehead atoms. The van der Waals surface area contributed by atoms with Gasteiger partial charge in [0.2, 0.25) is 11.8 Å². The Morgan fingerprint density at radius 1 is 1.48 bits per heavy atom. The molecule has 1 saturated heterocycles. The lowest BCUT2D eigenvalue weighted by molar-refractivity contribution is -0.142. The molecule has 120 valence electrons. The molecule has 1 rings (SSSR count). The average Bonchev–Trinajstić information content (AvgIpc) is 2.76. The van der Waals surface area contributed by atoms with Crippen LogP contribution in [0.4, 0.5) is 0 Å². The van der Waals surface area contributed by atoms with Gasteiger partial charge in [-0.25, -0.2) is 4.79 Å². The summed E-state index contributed by atoms with van der Waals surface area (Å²) in [6.45, 7) is 4.99. The molecule has 0 aromatic rings. The number of carbonyl (C=O) groups is 3. The SMILES string of the molecule is COCCN1CC(C(=O)N[C@@H](CC(C)C)C(=O)O)CC1=O. The molecule has 1 aliphatic rings. The van der Waals surface area contributed by atoms with Crippen LogP contribution in [0.15, 0.2) is 0 Å². The smallest absolute Gasteiger partial charge is 0.326 e. The molecule has 2 atom stereocenters. The summed E-state index contributed by atoms with van der Waals surface area (Å²) in [6.07, 6.45) is 0.499. The van der Waals surface area contributed by atoms with Crippen LogP contribution in [0.25, 0.3) is 0 Å². The molecule has 2 amide bonds. The zero-order chi connectivity index (χ0) is 16.0. The second-order valence-corrected chi connectivity index (χ2v) is 5.76. The summed E-state index contributed by atoms with van der Waals surface area (Å²) in [4.78, 5) is 36.6. The van der Waals surface area contributed by atoms with Crippen LogP contribution in [0.2, 0.25) is 0 Å². The third-order valence-corrected chi connectivity index (χ3v) is 3.47. The van der Waals surface area contributed by atoms with Crippen molar-refractivity contribution in [3.8, 4) is 0 Å². The Morgan fingerprint density at radius 3 is 2.67 bits per heavy atom. The van der Waals surface area contributed by atoms with Crippen molar-refractivity contribution in [1.82, 2.24) is 10.2 Å². The lowest BCUT2D eigenvalue weighted by Gasteiger charge is -2.19. The fraction of sp³-hybridized carbons (Fsp3) is 0.786. The molecule has 21 heavy (non-hydrogen) atoms. The van der Waals surface area contributed by atoms with Crippen LogP contribution in [0.5, 0.6) is 0 Å². The van der Waals surface area contributed by atoms with Crippen molar-refractivity contribution < 1.29 is 24.2 Å². The van der Waals surface area contributed by atoms with E-state index in [1.54, 1.807) is 12.0 Å². The lowest BCUT2D eigenvalue weighted by Crippen LogP contribution is -2.45. The first kappa shape index (κ1) is 17.4. The Labute approximate surface area is 124 Å². The van der Waals surface area contributed by atoms with Crippen LogP contribution in [-0.2, 0) is 19.1 Å². The number of carbonyl (C=O) groups excluding carboxylic acids is 2. The van der Waals surface area contributed by atoms with Gasteiger partial charge in [-0.05, 0) is 12.3 Å². The highest BCUT2D eigenvalue weighted by Crippen LogP contribution is 2.18. The molecular weight excluding hydrogens is 276 g/mol. The van der Waals surface area contributed by atoms with E-state index in [0.717, 1.165) is 0 Å². The Hall–Kier alpha value is -1.63. The number of rotatable bonds is 8. The van der Waals surface area contributed by atoms with Crippen molar-refractivity contribution in [3.05, 3.63) is 0 Å². The number of likely N-dealkylation sites (tertiary alicyclic amines) is 1. The normalized spacial score (nSPS) is 19.9. The number of hydrogen-bond acceptors (Lipinski definition) is 4. The Balaban J connectivity index is 2.55. The number of methoxy groups -OCH3 is 1. The average molecular weight is 300 g/mol. The predicted octanol–water partition coefficient (Wildman–Crippen LogP) is 0.0968. The molecule has 0 aromatic heterocycles. The van der Waals surface area contributed by atoms with Crippen molar-refractivity contribution in [2.45, 2.75) is 32.7 Å². The predicted molar refractivity (Wildman–Crippen MR) is 75.6 cm³/mol. The number of carboxylic acids is 1. The monoisotopic (exact) mass is 300 g/mol. The fourth-order valence-electron chi connectivity index (χ4n) is 2.35. The highest BCUT2D eigenvalue weighted by atomic mass is 16.5. The van der Waals surface area contributed by atoms with Crippen molar-refractivity contribution in [3.63, 3.8) is 0 Å². The maximum Gasteiger partial charge on any atom is 0.326 e. The van der Waals surface area contributed by atoms with E-state index in [9.17, 15) is 14.4 Å². The number of nitrogens with zero attached hydrogens (tertiary/aromatic N) is 1. The van der Waals surface area contributed by atoms with Crippen LogP contribution in [0, 0.1) is 11.8 Å². The second-order valence-electron chi connectivity index (χ2n) is 5.76. The van der Waals surface area contributed by atoms with E-state index in [1.807, 2.05) is 13.8 Å². The first-order valence-electron chi connectivity index (χ1n) is 7.15. The minimum atomic E-state index is -1.04. The van der Waals surface area contributed by atoms with Gasteiger partial charge in [0.25, 0.3) is 0 Å². The maximum atomic E-state index is 12.1. The molecule has 0 saturated carbocycles. The first-order valence-corrected chi connectivity index (χ1v) is 7.15. The standard InChI is InChI=1S/C14H24N2O5/c1-9(2)6-11(14(19)20)15-13(18)10-7-12(17)16(8-10)4-5-21-3/h9-11H,4-8H2,1-3H3,(H,15,18)(H,19,20)/t10?,11-/m0/s1. The van der Waals surface area contributed by atoms with Gasteiger partial charge in [-0.3, -0.25) is 9.59 Å². The zero-order valence-corrected chi connectivity index (χ0v) is 12.8. The first-order chi connectivity index (χ1) is 9.85. The summed E-state index contributed by atoms with van der Waals surface area (Å²) in [7, 11) is 1.55. The third kappa shape index (κ3) is 5.34. The van der Waals surface area contributed by atoms with Crippen molar-refractivity contribution >= 4 is 17.8 Å². The molecule has 7 heteroatoms. The molecule has 1 fully saturated rings. The fourth-order valence-corrected chi connectivity index (χ4v) is 2.35. The van der Waals surface area contributed by atoms with Crippen LogP contribution < -0.4 is 5.32 Å². The molecule has 1 unspecified atom stereocenters. The maximum absolute atomic E-state index is 12.1. The minimum Gasteiger partial charge on any atom is -0.480 e. The molecule has 0 radical (unpaired) electrons. The van der Waals surface area contributed by atoms with Crippen LogP contribution in [0.3, 0.4) is 0 Å². The topological polar surface area (TPSA) is 95.9 Å². The molecule has 7 nitrogen and oxygen atoms in total. The molecule has 0 spiro atoms. The van der Waals surface area contributed by atoms with E-state index in [0.29, 0.717) is 26.1 Å². The highest BCUT2D eigenvalue weighted by molar-refractivity contribution is 5.91. The van der Waals surface area contributed by atoms with Crippen LogP contribution >= 0.6 is 0 Å². The van der Waals surface area contributed by atoms with E-state index in [1.165, 1.54) is 0 Å². The van der Waals surface area contributed by atoms with E-state index in [-0.39, 0.29) is 24.2 Å². The van der Waals surface area contributed by atoms with E-state index < -0.39 is 17.9 Å². The number of amides is 2. The summed E-state index contributed by atoms with van der Waals surface area (Å²) in [5.41, 5.74) is 0. The van der Waals surface area contributed by atoms with Crippen LogP contribution in [0.1, 0.15) is 26.7 Å². The quantitative estimate of drug-likeness (QED) is 0.662. The molecule has 0 aromatic carbocycles. The molecular formula is C14H24N2O5. The summed E-state index contributed by atoms with van der Waals surface area (Å²) < 4.78 is 4.92. The summed E-state index contributed by atoms with van der Waals surface area (Å²) in [5.74, 6) is -1.82. The van der Waals surface area contributed by atoms with E-state index in [2.05, 4.69) is 5.32 Å². The Bertz CT molecular complexity index is 397. The lowest BCUT2D eigenvalue weighted by atomic mass is 10.0. The van der Waals surface area contributed by atoms with Gasteiger partial charge in [0, 0.05) is 26.6 Å². The number of hydrogen-bond donors (Lipinski definition) is 2. The highest BCUT2D eigenvalue weighted by Gasteiger charge is 2.35. The van der Waals surface area contributed by atoms with E-state index >= 15 is 0 Å². The number of carboxylic acid groups (broad SMARTS) is 1. The van der Waals surface area contributed by atoms with Crippen molar-refractivity contribution in [1.29, 1.82) is 0 Å². The summed E-state index contributed by atoms with van der Waals surface area (Å²) in [6, 6.07) is -0.902. The number of ether oxygens (including phenoxy) is 1.